The maximum Gasteiger partial charge on any atom is 0.355 e. The highest BCUT2D eigenvalue weighted by Crippen LogP contribution is 2.05. The average Bonchev–Trinajstić information content (AvgIpc) is 2.74. The SMILES string of the molecule is Cn1cccc1C(=O)OCc1cccnc1. The average molecular weight is 216 g/mol. The normalized spacial score (nSPS) is 10.1. The number of rotatable bonds is 3. The molecule has 0 aliphatic rings. The predicted octanol–water partition coefficient (Wildman–Crippen LogP) is 1.78. The van der Waals surface area contributed by atoms with E-state index in [2.05, 4.69) is 4.98 Å². The molecule has 0 bridgehead atoms. The fourth-order valence-corrected chi connectivity index (χ4v) is 1.38. The Balaban J connectivity index is 1.97. The molecule has 2 heterocycles. The molecule has 0 N–H and O–H groups in total. The number of carbonyl (C=O) groups excluding carboxylic acids is 1. The summed E-state index contributed by atoms with van der Waals surface area (Å²) in [4.78, 5) is 15.6. The highest BCUT2D eigenvalue weighted by atomic mass is 16.5. The van der Waals surface area contributed by atoms with E-state index >= 15 is 0 Å². The van der Waals surface area contributed by atoms with Crippen molar-refractivity contribution in [3.05, 3.63) is 54.1 Å². The maximum absolute atomic E-state index is 11.6. The van der Waals surface area contributed by atoms with E-state index in [1.807, 2.05) is 12.1 Å². The van der Waals surface area contributed by atoms with Gasteiger partial charge in [-0.15, -0.1) is 0 Å². The van der Waals surface area contributed by atoms with Gasteiger partial charge in [-0.05, 0) is 18.2 Å². The van der Waals surface area contributed by atoms with Crippen molar-refractivity contribution in [1.29, 1.82) is 0 Å². The van der Waals surface area contributed by atoms with Crippen LogP contribution in [0.5, 0.6) is 0 Å². The molecule has 0 aliphatic heterocycles. The van der Waals surface area contributed by atoms with Crippen LogP contribution >= 0.6 is 0 Å². The number of pyridine rings is 1. The largest absolute Gasteiger partial charge is 0.456 e. The molecule has 0 radical (unpaired) electrons. The Labute approximate surface area is 93.5 Å². The fourth-order valence-electron chi connectivity index (χ4n) is 1.38. The Morgan fingerprint density at radius 3 is 2.94 bits per heavy atom. The molecule has 16 heavy (non-hydrogen) atoms. The van der Waals surface area contributed by atoms with Gasteiger partial charge in [-0.3, -0.25) is 4.98 Å². The van der Waals surface area contributed by atoms with Gasteiger partial charge in [-0.1, -0.05) is 6.07 Å². The van der Waals surface area contributed by atoms with Gasteiger partial charge in [-0.25, -0.2) is 4.79 Å². The zero-order chi connectivity index (χ0) is 11.4. The van der Waals surface area contributed by atoms with Crippen LogP contribution in [-0.2, 0) is 18.4 Å². The summed E-state index contributed by atoms with van der Waals surface area (Å²) in [5.74, 6) is -0.323. The minimum Gasteiger partial charge on any atom is -0.456 e. The molecule has 0 atom stereocenters. The second kappa shape index (κ2) is 4.61. The molecule has 0 fully saturated rings. The molecule has 0 saturated carbocycles. The molecule has 2 rings (SSSR count). The molecule has 0 aromatic carbocycles. The Bertz CT molecular complexity index is 477. The van der Waals surface area contributed by atoms with Crippen LogP contribution in [0.1, 0.15) is 16.1 Å². The van der Waals surface area contributed by atoms with Crippen molar-refractivity contribution in [2.24, 2.45) is 7.05 Å². The van der Waals surface area contributed by atoms with E-state index in [1.54, 1.807) is 42.3 Å². The summed E-state index contributed by atoms with van der Waals surface area (Å²) in [5, 5.41) is 0. The van der Waals surface area contributed by atoms with E-state index in [0.29, 0.717) is 5.69 Å². The van der Waals surface area contributed by atoms with Crippen molar-refractivity contribution in [1.82, 2.24) is 9.55 Å². The minimum absolute atomic E-state index is 0.248. The van der Waals surface area contributed by atoms with Crippen LogP contribution in [0.2, 0.25) is 0 Å². The van der Waals surface area contributed by atoms with Gasteiger partial charge in [0, 0.05) is 31.2 Å². The Kier molecular flexibility index (Phi) is 3.00. The number of aromatic nitrogens is 2. The van der Waals surface area contributed by atoms with E-state index in [9.17, 15) is 4.79 Å². The molecule has 2 aromatic rings. The standard InChI is InChI=1S/C12H12N2O2/c1-14-7-3-5-11(14)12(15)16-9-10-4-2-6-13-8-10/h2-8H,9H2,1H3. The molecule has 0 amide bonds. The van der Waals surface area contributed by atoms with E-state index in [1.165, 1.54) is 0 Å². The Morgan fingerprint density at radius 1 is 1.44 bits per heavy atom. The van der Waals surface area contributed by atoms with Crippen LogP contribution in [0.25, 0.3) is 0 Å². The smallest absolute Gasteiger partial charge is 0.355 e. The molecule has 0 saturated heterocycles. The van der Waals surface area contributed by atoms with Crippen molar-refractivity contribution in [2.75, 3.05) is 0 Å². The monoisotopic (exact) mass is 216 g/mol. The van der Waals surface area contributed by atoms with Gasteiger partial charge < -0.3 is 9.30 Å². The van der Waals surface area contributed by atoms with Gasteiger partial charge in [0.25, 0.3) is 0 Å². The molecule has 4 heteroatoms. The summed E-state index contributed by atoms with van der Waals surface area (Å²) in [6, 6.07) is 7.21. The van der Waals surface area contributed by atoms with E-state index in [0.717, 1.165) is 5.56 Å². The van der Waals surface area contributed by atoms with Gasteiger partial charge in [0.15, 0.2) is 0 Å². The van der Waals surface area contributed by atoms with Crippen LogP contribution < -0.4 is 0 Å². The maximum atomic E-state index is 11.6. The first-order valence-corrected chi connectivity index (χ1v) is 4.95. The number of ether oxygens (including phenoxy) is 1. The third kappa shape index (κ3) is 2.28. The van der Waals surface area contributed by atoms with E-state index in [-0.39, 0.29) is 12.6 Å². The lowest BCUT2D eigenvalue weighted by molar-refractivity contribution is 0.0461. The summed E-state index contributed by atoms with van der Waals surface area (Å²) >= 11 is 0. The lowest BCUT2D eigenvalue weighted by Crippen LogP contribution is -2.09. The number of nitrogens with zero attached hydrogens (tertiary/aromatic N) is 2. The Hall–Kier alpha value is -2.10. The Morgan fingerprint density at radius 2 is 2.31 bits per heavy atom. The summed E-state index contributed by atoms with van der Waals surface area (Å²) in [6.45, 7) is 0.248. The first kappa shape index (κ1) is 10.4. The molecule has 2 aromatic heterocycles. The molecular formula is C12H12N2O2. The summed E-state index contributed by atoms with van der Waals surface area (Å²) in [6.07, 6.45) is 5.17. The van der Waals surface area contributed by atoms with Gasteiger partial charge >= 0.3 is 5.97 Å². The summed E-state index contributed by atoms with van der Waals surface area (Å²) in [5.41, 5.74) is 1.42. The second-order valence-corrected chi connectivity index (χ2v) is 3.44. The quantitative estimate of drug-likeness (QED) is 0.734. The van der Waals surface area contributed by atoms with Crippen LogP contribution in [0.3, 0.4) is 0 Å². The van der Waals surface area contributed by atoms with Crippen molar-refractivity contribution in [3.8, 4) is 0 Å². The van der Waals surface area contributed by atoms with Crippen molar-refractivity contribution >= 4 is 5.97 Å². The number of aryl methyl sites for hydroxylation is 1. The zero-order valence-corrected chi connectivity index (χ0v) is 8.96. The third-order valence-electron chi connectivity index (χ3n) is 2.25. The van der Waals surface area contributed by atoms with Gasteiger partial charge in [0.2, 0.25) is 0 Å². The second-order valence-electron chi connectivity index (χ2n) is 3.44. The van der Waals surface area contributed by atoms with Gasteiger partial charge in [-0.2, -0.15) is 0 Å². The summed E-state index contributed by atoms with van der Waals surface area (Å²) in [7, 11) is 1.81. The van der Waals surface area contributed by atoms with Crippen molar-refractivity contribution < 1.29 is 9.53 Å². The first-order valence-electron chi connectivity index (χ1n) is 4.95. The van der Waals surface area contributed by atoms with Crippen molar-refractivity contribution in [3.63, 3.8) is 0 Å². The molecule has 0 aliphatic carbocycles. The zero-order valence-electron chi connectivity index (χ0n) is 8.96. The van der Waals surface area contributed by atoms with Crippen LogP contribution in [0.4, 0.5) is 0 Å². The number of hydrogen-bond donors (Lipinski definition) is 0. The van der Waals surface area contributed by atoms with Crippen LogP contribution in [0, 0.1) is 0 Å². The molecule has 82 valence electrons. The van der Waals surface area contributed by atoms with Gasteiger partial charge in [0.05, 0.1) is 0 Å². The minimum atomic E-state index is -0.323. The fraction of sp³-hybridized carbons (Fsp3) is 0.167. The van der Waals surface area contributed by atoms with Gasteiger partial charge in [0.1, 0.15) is 12.3 Å². The topological polar surface area (TPSA) is 44.1 Å². The molecule has 0 spiro atoms. The number of esters is 1. The first-order chi connectivity index (χ1) is 7.77. The molecule has 0 unspecified atom stereocenters. The van der Waals surface area contributed by atoms with Crippen LogP contribution in [0.15, 0.2) is 42.9 Å². The highest BCUT2D eigenvalue weighted by Gasteiger charge is 2.09. The molecular weight excluding hydrogens is 204 g/mol. The van der Waals surface area contributed by atoms with Crippen molar-refractivity contribution in [2.45, 2.75) is 6.61 Å². The predicted molar refractivity (Wildman–Crippen MR) is 58.8 cm³/mol. The van der Waals surface area contributed by atoms with E-state index < -0.39 is 0 Å². The highest BCUT2D eigenvalue weighted by molar-refractivity contribution is 5.87. The molecule has 4 nitrogen and oxygen atoms in total. The summed E-state index contributed by atoms with van der Waals surface area (Å²) < 4.78 is 6.88. The van der Waals surface area contributed by atoms with E-state index in [4.69, 9.17) is 4.74 Å². The number of hydrogen-bond acceptors (Lipinski definition) is 3. The number of carbonyl (C=O) groups is 1. The third-order valence-corrected chi connectivity index (χ3v) is 2.25. The lowest BCUT2D eigenvalue weighted by Gasteiger charge is -2.05. The lowest BCUT2D eigenvalue weighted by atomic mass is 10.3. The van der Waals surface area contributed by atoms with Crippen LogP contribution in [-0.4, -0.2) is 15.5 Å².